The molecule has 1 atom stereocenters. The van der Waals surface area contributed by atoms with E-state index in [1.807, 2.05) is 54.9 Å². The number of aromatic nitrogens is 1. The lowest BCUT2D eigenvalue weighted by molar-refractivity contribution is -0.138. The summed E-state index contributed by atoms with van der Waals surface area (Å²) < 4.78 is 1.04. The number of unbranched alkanes of at least 4 members (excludes halogenated alkanes) is 1. The number of imide groups is 1. The Kier molecular flexibility index (Phi) is 5.91. The maximum Gasteiger partial charge on any atom is 0.256 e. The largest absolute Gasteiger partial charge is 0.385 e. The van der Waals surface area contributed by atoms with Crippen molar-refractivity contribution >= 4 is 56.2 Å². The van der Waals surface area contributed by atoms with Gasteiger partial charge in [0.1, 0.15) is 0 Å². The molecule has 8 heteroatoms. The molecule has 1 saturated heterocycles. The van der Waals surface area contributed by atoms with Crippen molar-refractivity contribution in [1.82, 2.24) is 10.3 Å². The van der Waals surface area contributed by atoms with Crippen molar-refractivity contribution in [2.24, 2.45) is 0 Å². The van der Waals surface area contributed by atoms with Gasteiger partial charge in [0.15, 0.2) is 0 Å². The zero-order chi connectivity index (χ0) is 23.7. The Morgan fingerprint density at radius 3 is 2.71 bits per heavy atom. The fourth-order valence-corrected chi connectivity index (χ4v) is 5.70. The molecule has 34 heavy (non-hydrogen) atoms. The van der Waals surface area contributed by atoms with Gasteiger partial charge in [-0.1, -0.05) is 25.1 Å². The van der Waals surface area contributed by atoms with E-state index in [0.29, 0.717) is 19.3 Å². The lowest BCUT2D eigenvalue weighted by atomic mass is 9.72. The molecule has 0 saturated carbocycles. The van der Waals surface area contributed by atoms with Gasteiger partial charge in [0, 0.05) is 29.8 Å². The number of hydrogen-bond acceptors (Lipinski definition) is 6. The first-order chi connectivity index (χ1) is 16.5. The zero-order valence-electron chi connectivity index (χ0n) is 18.9. The Morgan fingerprint density at radius 1 is 1.12 bits per heavy atom. The standard InChI is InChI=1S/C26H26N4O3S/c1-2-26(13-12-21(31)30-25(26)33)16-6-8-17(9-7-16)27-14-4-3-5-18-22-19(29-24(18)32)10-11-20-23(22)34-15-28-20/h5-11,15,27H,2-4,12-14H2,1H3,(H,29,32)(H,30,31,33). The molecule has 3 amide bonds. The number of nitrogens with zero attached hydrogens (tertiary/aromatic N) is 1. The first kappa shape index (κ1) is 22.3. The highest BCUT2D eigenvalue weighted by atomic mass is 32.1. The lowest BCUT2D eigenvalue weighted by Crippen LogP contribution is -2.51. The summed E-state index contributed by atoms with van der Waals surface area (Å²) in [5.74, 6) is -0.455. The van der Waals surface area contributed by atoms with Crippen LogP contribution in [0, 0.1) is 0 Å². The van der Waals surface area contributed by atoms with Gasteiger partial charge in [0.2, 0.25) is 11.8 Å². The molecule has 7 nitrogen and oxygen atoms in total. The second-order valence-electron chi connectivity index (χ2n) is 8.72. The summed E-state index contributed by atoms with van der Waals surface area (Å²) in [4.78, 5) is 41.0. The number of piperidine rings is 1. The van der Waals surface area contributed by atoms with E-state index in [0.717, 1.165) is 57.7 Å². The van der Waals surface area contributed by atoms with Crippen molar-refractivity contribution in [1.29, 1.82) is 0 Å². The first-order valence-electron chi connectivity index (χ1n) is 11.6. The highest BCUT2D eigenvalue weighted by Crippen LogP contribution is 2.39. The molecule has 3 aromatic rings. The van der Waals surface area contributed by atoms with Crippen LogP contribution in [0.5, 0.6) is 0 Å². The molecule has 0 spiro atoms. The predicted octanol–water partition coefficient (Wildman–Crippen LogP) is 4.61. The zero-order valence-corrected chi connectivity index (χ0v) is 19.8. The third-order valence-electron chi connectivity index (χ3n) is 6.83. The van der Waals surface area contributed by atoms with E-state index >= 15 is 0 Å². The van der Waals surface area contributed by atoms with Crippen LogP contribution in [0.2, 0.25) is 0 Å². The Bertz CT molecular complexity index is 1310. The summed E-state index contributed by atoms with van der Waals surface area (Å²) in [6.07, 6.45) is 5.22. The molecule has 2 aliphatic heterocycles. The van der Waals surface area contributed by atoms with E-state index in [4.69, 9.17) is 0 Å². The summed E-state index contributed by atoms with van der Waals surface area (Å²) in [6, 6.07) is 11.8. The van der Waals surface area contributed by atoms with E-state index in [2.05, 4.69) is 20.9 Å². The van der Waals surface area contributed by atoms with Crippen LogP contribution in [0.3, 0.4) is 0 Å². The Hall–Kier alpha value is -3.52. The van der Waals surface area contributed by atoms with Crippen molar-refractivity contribution in [2.45, 2.75) is 44.4 Å². The maximum absolute atomic E-state index is 12.6. The molecular weight excluding hydrogens is 448 g/mol. The number of benzene rings is 2. The second kappa shape index (κ2) is 9.02. The Balaban J connectivity index is 1.20. The molecule has 2 aliphatic rings. The molecule has 1 aromatic heterocycles. The first-order valence-corrected chi connectivity index (χ1v) is 12.5. The average molecular weight is 475 g/mol. The molecule has 0 bridgehead atoms. The quantitative estimate of drug-likeness (QED) is 0.264. The van der Waals surface area contributed by atoms with Crippen LogP contribution < -0.4 is 16.0 Å². The van der Waals surface area contributed by atoms with Gasteiger partial charge in [-0.15, -0.1) is 11.3 Å². The highest BCUT2D eigenvalue weighted by molar-refractivity contribution is 7.17. The van der Waals surface area contributed by atoms with Gasteiger partial charge in [-0.3, -0.25) is 19.7 Å². The minimum absolute atomic E-state index is 0.0576. The summed E-state index contributed by atoms with van der Waals surface area (Å²) in [6.45, 7) is 2.75. The molecule has 1 unspecified atom stereocenters. The van der Waals surface area contributed by atoms with Crippen LogP contribution in [-0.4, -0.2) is 29.3 Å². The molecule has 3 heterocycles. The van der Waals surface area contributed by atoms with Crippen LogP contribution in [0.1, 0.15) is 50.2 Å². The average Bonchev–Trinajstić information content (AvgIpc) is 3.43. The summed E-state index contributed by atoms with van der Waals surface area (Å²) in [5, 5.41) is 8.86. The fraction of sp³-hybridized carbons (Fsp3) is 0.308. The fourth-order valence-electron chi connectivity index (χ4n) is 4.85. The number of fused-ring (bicyclic) bond motifs is 3. The van der Waals surface area contributed by atoms with E-state index in [1.165, 1.54) is 0 Å². The van der Waals surface area contributed by atoms with Crippen LogP contribution in [-0.2, 0) is 19.8 Å². The number of amides is 3. The SMILES string of the molecule is CCC1(c2ccc(NCCCC=C3C(=O)Nc4ccc5ncsc5c43)cc2)CCC(=O)NC1=O. The van der Waals surface area contributed by atoms with Crippen molar-refractivity contribution in [3.63, 3.8) is 0 Å². The lowest BCUT2D eigenvalue weighted by Gasteiger charge is -2.35. The third kappa shape index (κ3) is 3.88. The van der Waals surface area contributed by atoms with Crippen molar-refractivity contribution in [3.8, 4) is 0 Å². The van der Waals surface area contributed by atoms with Gasteiger partial charge in [0.05, 0.1) is 26.8 Å². The Labute approximate surface area is 201 Å². The van der Waals surface area contributed by atoms with Crippen molar-refractivity contribution < 1.29 is 14.4 Å². The van der Waals surface area contributed by atoms with Crippen molar-refractivity contribution in [3.05, 3.63) is 59.1 Å². The molecule has 3 N–H and O–H groups in total. The van der Waals surface area contributed by atoms with Crippen molar-refractivity contribution in [2.75, 3.05) is 17.2 Å². The number of anilines is 2. The number of hydrogen-bond donors (Lipinski definition) is 3. The summed E-state index contributed by atoms with van der Waals surface area (Å²) >= 11 is 1.55. The van der Waals surface area contributed by atoms with Gasteiger partial charge < -0.3 is 10.6 Å². The van der Waals surface area contributed by atoms with Gasteiger partial charge in [-0.05, 0) is 55.5 Å². The maximum atomic E-state index is 12.6. The number of rotatable bonds is 7. The van der Waals surface area contributed by atoms with E-state index in [-0.39, 0.29) is 17.7 Å². The van der Waals surface area contributed by atoms with Gasteiger partial charge in [-0.25, -0.2) is 4.98 Å². The number of thiazole rings is 1. The van der Waals surface area contributed by atoms with Gasteiger partial charge in [0.25, 0.3) is 5.91 Å². The molecule has 174 valence electrons. The molecule has 5 rings (SSSR count). The number of carbonyl (C=O) groups excluding carboxylic acids is 3. The monoisotopic (exact) mass is 474 g/mol. The van der Waals surface area contributed by atoms with Crippen LogP contribution in [0.25, 0.3) is 15.8 Å². The molecule has 2 aromatic carbocycles. The second-order valence-corrected chi connectivity index (χ2v) is 9.57. The van der Waals surface area contributed by atoms with Crippen LogP contribution in [0.15, 0.2) is 48.0 Å². The smallest absolute Gasteiger partial charge is 0.256 e. The topological polar surface area (TPSA) is 100 Å². The normalized spacial score (nSPS) is 21.0. The van der Waals surface area contributed by atoms with Crippen LogP contribution >= 0.6 is 11.3 Å². The Morgan fingerprint density at radius 2 is 1.94 bits per heavy atom. The third-order valence-corrected chi connectivity index (χ3v) is 7.69. The predicted molar refractivity (Wildman–Crippen MR) is 135 cm³/mol. The molecule has 1 fully saturated rings. The van der Waals surface area contributed by atoms with Gasteiger partial charge >= 0.3 is 0 Å². The van der Waals surface area contributed by atoms with Crippen LogP contribution in [0.4, 0.5) is 11.4 Å². The summed E-state index contributed by atoms with van der Waals surface area (Å²) in [7, 11) is 0. The number of nitrogens with one attached hydrogen (secondary N) is 3. The minimum atomic E-state index is -0.639. The molecule has 0 aliphatic carbocycles. The number of carbonyl (C=O) groups is 3. The molecular formula is C26H26N4O3S. The van der Waals surface area contributed by atoms with E-state index < -0.39 is 5.41 Å². The molecule has 0 radical (unpaired) electrons. The minimum Gasteiger partial charge on any atom is -0.385 e. The summed E-state index contributed by atoms with van der Waals surface area (Å²) in [5.41, 5.74) is 6.55. The van der Waals surface area contributed by atoms with E-state index in [9.17, 15) is 14.4 Å². The van der Waals surface area contributed by atoms with Gasteiger partial charge in [-0.2, -0.15) is 0 Å². The highest BCUT2D eigenvalue weighted by Gasteiger charge is 2.42. The number of allylic oxidation sites excluding steroid dienone is 1. The van der Waals surface area contributed by atoms with E-state index in [1.54, 1.807) is 11.3 Å².